The lowest BCUT2D eigenvalue weighted by atomic mass is 10.1. The van der Waals surface area contributed by atoms with Crippen molar-refractivity contribution in [2.24, 2.45) is 5.10 Å². The molecule has 0 atom stereocenters. The molecule has 0 aliphatic heterocycles. The SMILES string of the molecule is COc1cccc(/C=N/NC(=O)c2nn(-c3ccc(C)c(Cl)c3)c(=O)c(C#N)c2C)c1O. The molecule has 3 aromatic rings. The number of amides is 1. The Morgan fingerprint density at radius 1 is 1.34 bits per heavy atom. The van der Waals surface area contributed by atoms with Crippen LogP contribution in [0.3, 0.4) is 0 Å². The fourth-order valence-corrected chi connectivity index (χ4v) is 3.04. The average molecular weight is 452 g/mol. The summed E-state index contributed by atoms with van der Waals surface area (Å²) in [5.74, 6) is -0.635. The molecular formula is C22H18ClN5O4. The van der Waals surface area contributed by atoms with Gasteiger partial charge in [0.05, 0.1) is 19.0 Å². The number of hydrogen-bond acceptors (Lipinski definition) is 7. The summed E-state index contributed by atoms with van der Waals surface area (Å²) in [5, 5.41) is 27.9. The molecule has 1 amide bonds. The summed E-state index contributed by atoms with van der Waals surface area (Å²) < 4.78 is 5.97. The van der Waals surface area contributed by atoms with E-state index in [1.165, 1.54) is 26.3 Å². The number of para-hydroxylation sites is 1. The molecule has 0 bridgehead atoms. The van der Waals surface area contributed by atoms with Crippen molar-refractivity contribution in [3.63, 3.8) is 0 Å². The molecule has 9 nitrogen and oxygen atoms in total. The lowest BCUT2D eigenvalue weighted by Crippen LogP contribution is -2.31. The number of aromatic hydroxyl groups is 1. The van der Waals surface area contributed by atoms with Crippen LogP contribution in [-0.2, 0) is 0 Å². The Hall–Kier alpha value is -4.16. The minimum absolute atomic E-state index is 0.115. The Balaban J connectivity index is 1.98. The van der Waals surface area contributed by atoms with Gasteiger partial charge in [-0.2, -0.15) is 20.1 Å². The molecule has 0 saturated heterocycles. The largest absolute Gasteiger partial charge is 0.504 e. The lowest BCUT2D eigenvalue weighted by Gasteiger charge is -2.11. The quantitative estimate of drug-likeness (QED) is 0.453. The standard InChI is InChI=1S/C22H18ClN5O4/c1-12-7-8-15(9-17(12)23)28-22(31)16(10-24)13(2)19(27-28)21(30)26-25-11-14-5-4-6-18(32-3)20(14)29/h4-9,11,29H,1-3H3,(H,26,30)/b25-11+. The molecule has 1 aromatic heterocycles. The van der Waals surface area contributed by atoms with Crippen LogP contribution < -0.4 is 15.7 Å². The molecule has 0 spiro atoms. The minimum Gasteiger partial charge on any atom is -0.504 e. The van der Waals surface area contributed by atoms with Crippen molar-refractivity contribution >= 4 is 23.7 Å². The number of rotatable bonds is 5. The first-order chi connectivity index (χ1) is 15.3. The van der Waals surface area contributed by atoms with E-state index in [2.05, 4.69) is 15.6 Å². The van der Waals surface area contributed by atoms with Crippen LogP contribution in [0.2, 0.25) is 5.02 Å². The van der Waals surface area contributed by atoms with Crippen LogP contribution >= 0.6 is 11.6 Å². The van der Waals surface area contributed by atoms with Gasteiger partial charge in [-0.05, 0) is 43.7 Å². The first-order valence-electron chi connectivity index (χ1n) is 9.28. The summed E-state index contributed by atoms with van der Waals surface area (Å²) in [7, 11) is 1.41. The van der Waals surface area contributed by atoms with E-state index in [0.29, 0.717) is 16.3 Å². The van der Waals surface area contributed by atoms with Gasteiger partial charge in [0, 0.05) is 16.1 Å². The number of methoxy groups -OCH3 is 1. The molecule has 0 fully saturated rings. The number of nitriles is 1. The molecule has 2 aromatic carbocycles. The summed E-state index contributed by atoms with van der Waals surface area (Å²) in [4.78, 5) is 25.4. The number of halogens is 1. The van der Waals surface area contributed by atoms with E-state index in [9.17, 15) is 20.0 Å². The molecule has 0 radical (unpaired) electrons. The number of nitrogens with zero attached hydrogens (tertiary/aromatic N) is 4. The molecule has 1 heterocycles. The molecule has 162 valence electrons. The van der Waals surface area contributed by atoms with Gasteiger partial charge in [-0.25, -0.2) is 5.43 Å². The van der Waals surface area contributed by atoms with Gasteiger partial charge in [0.2, 0.25) is 0 Å². The Kier molecular flexibility index (Phi) is 6.56. The highest BCUT2D eigenvalue weighted by Crippen LogP contribution is 2.28. The molecular weight excluding hydrogens is 434 g/mol. The van der Waals surface area contributed by atoms with E-state index in [1.807, 2.05) is 6.07 Å². The van der Waals surface area contributed by atoms with Gasteiger partial charge in [0.25, 0.3) is 11.5 Å². The molecule has 3 rings (SSSR count). The van der Waals surface area contributed by atoms with Crippen molar-refractivity contribution in [1.29, 1.82) is 5.26 Å². The maximum atomic E-state index is 12.7. The number of ether oxygens (including phenoxy) is 1. The zero-order valence-electron chi connectivity index (χ0n) is 17.4. The normalized spacial score (nSPS) is 10.7. The Labute approximate surface area is 188 Å². The van der Waals surface area contributed by atoms with Crippen LogP contribution in [0, 0.1) is 25.2 Å². The Morgan fingerprint density at radius 3 is 2.75 bits per heavy atom. The van der Waals surface area contributed by atoms with Gasteiger partial charge in [0.1, 0.15) is 11.6 Å². The van der Waals surface area contributed by atoms with Gasteiger partial charge in [0.15, 0.2) is 17.2 Å². The first kappa shape index (κ1) is 22.5. The van der Waals surface area contributed by atoms with E-state index >= 15 is 0 Å². The molecule has 10 heteroatoms. The second-order valence-corrected chi connectivity index (χ2v) is 7.12. The zero-order chi connectivity index (χ0) is 23.4. The zero-order valence-corrected chi connectivity index (χ0v) is 18.1. The van der Waals surface area contributed by atoms with Crippen molar-refractivity contribution in [3.8, 4) is 23.3 Å². The summed E-state index contributed by atoms with van der Waals surface area (Å²) in [6.07, 6.45) is 1.23. The van der Waals surface area contributed by atoms with E-state index in [1.54, 1.807) is 37.3 Å². The lowest BCUT2D eigenvalue weighted by molar-refractivity contribution is 0.0947. The van der Waals surface area contributed by atoms with Crippen LogP contribution in [0.15, 0.2) is 46.3 Å². The number of hydrogen-bond donors (Lipinski definition) is 2. The van der Waals surface area contributed by atoms with Gasteiger partial charge in [-0.15, -0.1) is 0 Å². The molecule has 0 aliphatic carbocycles. The van der Waals surface area contributed by atoms with E-state index < -0.39 is 11.5 Å². The monoisotopic (exact) mass is 451 g/mol. The summed E-state index contributed by atoms with van der Waals surface area (Å²) >= 11 is 6.15. The molecule has 0 unspecified atom stereocenters. The van der Waals surface area contributed by atoms with Crippen LogP contribution in [0.4, 0.5) is 0 Å². The number of phenolic OH excluding ortho intramolecular Hbond substituents is 1. The van der Waals surface area contributed by atoms with Gasteiger partial charge in [-0.3, -0.25) is 9.59 Å². The highest BCUT2D eigenvalue weighted by atomic mass is 35.5. The predicted molar refractivity (Wildman–Crippen MR) is 119 cm³/mol. The topological polar surface area (TPSA) is 130 Å². The van der Waals surface area contributed by atoms with Crippen molar-refractivity contribution in [2.75, 3.05) is 7.11 Å². The number of hydrazone groups is 1. The maximum absolute atomic E-state index is 12.7. The highest BCUT2D eigenvalue weighted by molar-refractivity contribution is 6.31. The van der Waals surface area contributed by atoms with Crippen molar-refractivity contribution in [2.45, 2.75) is 13.8 Å². The van der Waals surface area contributed by atoms with Gasteiger partial charge in [-0.1, -0.05) is 23.7 Å². The number of phenols is 1. The average Bonchev–Trinajstić information content (AvgIpc) is 2.77. The van der Waals surface area contributed by atoms with Crippen LogP contribution in [0.1, 0.15) is 32.7 Å². The van der Waals surface area contributed by atoms with Gasteiger partial charge < -0.3 is 9.84 Å². The van der Waals surface area contributed by atoms with E-state index in [4.69, 9.17) is 16.3 Å². The number of nitrogens with one attached hydrogen (secondary N) is 1. The number of carbonyl (C=O) groups excluding carboxylic acids is 1. The maximum Gasteiger partial charge on any atom is 0.292 e. The molecule has 2 N–H and O–H groups in total. The third kappa shape index (κ3) is 4.31. The fraction of sp³-hybridized carbons (Fsp3) is 0.136. The number of aromatic nitrogens is 2. The first-order valence-corrected chi connectivity index (χ1v) is 9.66. The smallest absolute Gasteiger partial charge is 0.292 e. The van der Waals surface area contributed by atoms with Crippen molar-refractivity contribution in [3.05, 3.63) is 79.7 Å². The van der Waals surface area contributed by atoms with Crippen LogP contribution in [-0.4, -0.2) is 34.1 Å². The van der Waals surface area contributed by atoms with E-state index in [-0.39, 0.29) is 28.3 Å². The van der Waals surface area contributed by atoms with Crippen molar-refractivity contribution in [1.82, 2.24) is 15.2 Å². The minimum atomic E-state index is -0.746. The highest BCUT2D eigenvalue weighted by Gasteiger charge is 2.20. The number of aryl methyl sites for hydroxylation is 1. The van der Waals surface area contributed by atoms with Crippen LogP contribution in [0.25, 0.3) is 5.69 Å². The van der Waals surface area contributed by atoms with E-state index in [0.717, 1.165) is 10.2 Å². The predicted octanol–water partition coefficient (Wildman–Crippen LogP) is 2.85. The van der Waals surface area contributed by atoms with Crippen LogP contribution in [0.5, 0.6) is 11.5 Å². The van der Waals surface area contributed by atoms with Crippen molar-refractivity contribution < 1.29 is 14.6 Å². The Morgan fingerprint density at radius 2 is 2.09 bits per heavy atom. The third-order valence-corrected chi connectivity index (χ3v) is 5.09. The summed E-state index contributed by atoms with van der Waals surface area (Å²) in [6.45, 7) is 3.25. The fourth-order valence-electron chi connectivity index (χ4n) is 2.86. The number of benzene rings is 2. The van der Waals surface area contributed by atoms with Gasteiger partial charge >= 0.3 is 0 Å². The molecule has 0 saturated carbocycles. The summed E-state index contributed by atoms with van der Waals surface area (Å²) in [6, 6.07) is 11.4. The molecule has 0 aliphatic rings. The summed E-state index contributed by atoms with van der Waals surface area (Å²) in [5.41, 5.74) is 2.75. The second kappa shape index (κ2) is 9.32. The number of carbonyl (C=O) groups is 1. The second-order valence-electron chi connectivity index (χ2n) is 6.71. The molecule has 32 heavy (non-hydrogen) atoms. The Bertz CT molecular complexity index is 1340. The third-order valence-electron chi connectivity index (χ3n) is 4.68.